The van der Waals surface area contributed by atoms with Crippen LogP contribution in [-0.2, 0) is 4.79 Å². The molecule has 0 bridgehead atoms. The van der Waals surface area contributed by atoms with Crippen LogP contribution in [0, 0.1) is 5.92 Å². The lowest BCUT2D eigenvalue weighted by Crippen LogP contribution is -2.37. The van der Waals surface area contributed by atoms with E-state index < -0.39 is 0 Å². The molecular weight excluding hydrogens is 164 g/mol. The second kappa shape index (κ2) is 6.89. The van der Waals surface area contributed by atoms with E-state index in [4.69, 9.17) is 5.73 Å². The van der Waals surface area contributed by atoms with Crippen LogP contribution in [0.25, 0.3) is 0 Å². The molecule has 78 valence electrons. The summed E-state index contributed by atoms with van der Waals surface area (Å²) in [7, 11) is 0. The van der Waals surface area contributed by atoms with Crippen molar-refractivity contribution in [3.63, 3.8) is 0 Å². The normalized spacial score (nSPS) is 15.1. The van der Waals surface area contributed by atoms with Gasteiger partial charge in [0.25, 0.3) is 0 Å². The Bertz CT molecular complexity index is 148. The molecule has 0 aliphatic carbocycles. The highest BCUT2D eigenvalue weighted by Crippen LogP contribution is 2.05. The standard InChI is InChI=1S/C10H22N2O/c1-4-8(3)6-10(13)12-7-9(11)5-2/h8-9H,4-7,11H2,1-3H3,(H,12,13). The molecule has 3 heteroatoms. The zero-order valence-corrected chi connectivity index (χ0v) is 8.97. The number of carbonyl (C=O) groups excluding carboxylic acids is 1. The lowest BCUT2D eigenvalue weighted by atomic mass is 10.1. The predicted molar refractivity (Wildman–Crippen MR) is 55.3 cm³/mol. The van der Waals surface area contributed by atoms with Crippen LogP contribution in [0.1, 0.15) is 40.0 Å². The van der Waals surface area contributed by atoms with Crippen molar-refractivity contribution in [1.82, 2.24) is 5.32 Å². The van der Waals surface area contributed by atoms with Crippen LogP contribution >= 0.6 is 0 Å². The number of nitrogens with two attached hydrogens (primary N) is 1. The van der Waals surface area contributed by atoms with E-state index in [9.17, 15) is 4.79 Å². The van der Waals surface area contributed by atoms with Crippen molar-refractivity contribution in [3.8, 4) is 0 Å². The highest BCUT2D eigenvalue weighted by molar-refractivity contribution is 5.76. The topological polar surface area (TPSA) is 55.1 Å². The minimum atomic E-state index is 0.0980. The minimum absolute atomic E-state index is 0.0980. The van der Waals surface area contributed by atoms with Crippen molar-refractivity contribution < 1.29 is 4.79 Å². The number of hydrogen-bond donors (Lipinski definition) is 2. The zero-order valence-electron chi connectivity index (χ0n) is 8.97. The van der Waals surface area contributed by atoms with Crippen LogP contribution in [0.15, 0.2) is 0 Å². The van der Waals surface area contributed by atoms with Gasteiger partial charge in [-0.05, 0) is 12.3 Å². The molecule has 13 heavy (non-hydrogen) atoms. The Morgan fingerprint density at radius 1 is 1.38 bits per heavy atom. The van der Waals surface area contributed by atoms with Gasteiger partial charge in [0.15, 0.2) is 0 Å². The average Bonchev–Trinajstić information content (AvgIpc) is 2.13. The molecule has 0 aliphatic heterocycles. The first-order valence-electron chi connectivity index (χ1n) is 5.12. The van der Waals surface area contributed by atoms with E-state index in [0.717, 1.165) is 12.8 Å². The molecule has 2 unspecified atom stereocenters. The summed E-state index contributed by atoms with van der Waals surface area (Å²) in [5.41, 5.74) is 5.67. The lowest BCUT2D eigenvalue weighted by molar-refractivity contribution is -0.121. The SMILES string of the molecule is CCC(C)CC(=O)NCC(N)CC. The first kappa shape index (κ1) is 12.4. The van der Waals surface area contributed by atoms with Crippen molar-refractivity contribution >= 4 is 5.91 Å². The molecular formula is C10H22N2O. The molecule has 2 atom stereocenters. The Hall–Kier alpha value is -0.570. The second-order valence-electron chi connectivity index (χ2n) is 3.69. The predicted octanol–water partition coefficient (Wildman–Crippen LogP) is 1.28. The van der Waals surface area contributed by atoms with Crippen LogP contribution < -0.4 is 11.1 Å². The van der Waals surface area contributed by atoms with E-state index in [-0.39, 0.29) is 11.9 Å². The lowest BCUT2D eigenvalue weighted by Gasteiger charge is -2.12. The third-order valence-corrected chi connectivity index (χ3v) is 2.32. The molecule has 3 nitrogen and oxygen atoms in total. The maximum Gasteiger partial charge on any atom is 0.220 e. The van der Waals surface area contributed by atoms with Gasteiger partial charge in [-0.2, -0.15) is 0 Å². The summed E-state index contributed by atoms with van der Waals surface area (Å²) in [6.07, 6.45) is 2.57. The van der Waals surface area contributed by atoms with Gasteiger partial charge in [-0.15, -0.1) is 0 Å². The highest BCUT2D eigenvalue weighted by Gasteiger charge is 2.07. The molecule has 0 spiro atoms. The molecule has 0 aromatic carbocycles. The highest BCUT2D eigenvalue weighted by atomic mass is 16.1. The fourth-order valence-electron chi connectivity index (χ4n) is 0.922. The van der Waals surface area contributed by atoms with E-state index in [0.29, 0.717) is 18.9 Å². The number of hydrogen-bond acceptors (Lipinski definition) is 2. The van der Waals surface area contributed by atoms with Gasteiger partial charge in [0.1, 0.15) is 0 Å². The largest absolute Gasteiger partial charge is 0.355 e. The summed E-state index contributed by atoms with van der Waals surface area (Å²) >= 11 is 0. The maximum absolute atomic E-state index is 11.3. The van der Waals surface area contributed by atoms with Gasteiger partial charge in [0.2, 0.25) is 5.91 Å². The van der Waals surface area contributed by atoms with Crippen LogP contribution in [0.4, 0.5) is 0 Å². The summed E-state index contributed by atoms with van der Waals surface area (Å²) in [4.78, 5) is 11.3. The fourth-order valence-corrected chi connectivity index (χ4v) is 0.922. The van der Waals surface area contributed by atoms with Gasteiger partial charge >= 0.3 is 0 Å². The van der Waals surface area contributed by atoms with Crippen LogP contribution in [0.5, 0.6) is 0 Å². The van der Waals surface area contributed by atoms with E-state index in [1.165, 1.54) is 0 Å². The number of rotatable bonds is 6. The van der Waals surface area contributed by atoms with Gasteiger partial charge in [0.05, 0.1) is 0 Å². The van der Waals surface area contributed by atoms with Crippen molar-refractivity contribution in [3.05, 3.63) is 0 Å². The van der Waals surface area contributed by atoms with E-state index in [2.05, 4.69) is 19.2 Å². The molecule has 0 aromatic heterocycles. The molecule has 1 amide bonds. The van der Waals surface area contributed by atoms with Gasteiger partial charge in [-0.25, -0.2) is 0 Å². The van der Waals surface area contributed by atoms with Crippen LogP contribution in [-0.4, -0.2) is 18.5 Å². The molecule has 0 heterocycles. The van der Waals surface area contributed by atoms with Crippen LogP contribution in [0.3, 0.4) is 0 Å². The third-order valence-electron chi connectivity index (χ3n) is 2.32. The third kappa shape index (κ3) is 6.58. The van der Waals surface area contributed by atoms with Gasteiger partial charge in [-0.1, -0.05) is 27.2 Å². The van der Waals surface area contributed by atoms with Crippen LogP contribution in [0.2, 0.25) is 0 Å². The first-order chi connectivity index (χ1) is 6.10. The first-order valence-corrected chi connectivity index (χ1v) is 5.12. The Kier molecular flexibility index (Phi) is 6.59. The summed E-state index contributed by atoms with van der Waals surface area (Å²) in [6, 6.07) is 0.0980. The van der Waals surface area contributed by atoms with E-state index >= 15 is 0 Å². The summed E-state index contributed by atoms with van der Waals surface area (Å²) < 4.78 is 0. The van der Waals surface area contributed by atoms with E-state index in [1.54, 1.807) is 0 Å². The van der Waals surface area contributed by atoms with Crippen molar-refractivity contribution in [2.24, 2.45) is 11.7 Å². The number of amides is 1. The van der Waals surface area contributed by atoms with Gasteiger partial charge < -0.3 is 11.1 Å². The molecule has 0 saturated carbocycles. The Morgan fingerprint density at radius 2 is 2.00 bits per heavy atom. The Balaban J connectivity index is 3.51. The minimum Gasteiger partial charge on any atom is -0.355 e. The number of nitrogens with one attached hydrogen (secondary N) is 1. The Morgan fingerprint density at radius 3 is 2.46 bits per heavy atom. The molecule has 0 aliphatic rings. The van der Waals surface area contributed by atoms with Crippen molar-refractivity contribution in [2.45, 2.75) is 46.1 Å². The molecule has 0 fully saturated rings. The summed E-state index contributed by atoms with van der Waals surface area (Å²) in [5.74, 6) is 0.594. The Labute approximate surface area is 81.1 Å². The maximum atomic E-state index is 11.3. The van der Waals surface area contributed by atoms with Crippen molar-refractivity contribution in [2.75, 3.05) is 6.54 Å². The molecule has 0 radical (unpaired) electrons. The molecule has 0 rings (SSSR count). The quantitative estimate of drug-likeness (QED) is 0.656. The second-order valence-corrected chi connectivity index (χ2v) is 3.69. The van der Waals surface area contributed by atoms with Crippen molar-refractivity contribution in [1.29, 1.82) is 0 Å². The summed E-state index contributed by atoms with van der Waals surface area (Å²) in [6.45, 7) is 6.80. The van der Waals surface area contributed by atoms with Gasteiger partial charge in [-0.3, -0.25) is 4.79 Å². The molecule has 0 saturated heterocycles. The molecule has 0 aromatic rings. The monoisotopic (exact) mass is 186 g/mol. The van der Waals surface area contributed by atoms with Gasteiger partial charge in [0, 0.05) is 19.0 Å². The smallest absolute Gasteiger partial charge is 0.220 e. The van der Waals surface area contributed by atoms with E-state index in [1.807, 2.05) is 6.92 Å². The molecule has 3 N–H and O–H groups in total. The zero-order chi connectivity index (χ0) is 10.3. The average molecular weight is 186 g/mol. The fraction of sp³-hybridized carbons (Fsp3) is 0.900. The number of carbonyl (C=O) groups is 1. The summed E-state index contributed by atoms with van der Waals surface area (Å²) in [5, 5.41) is 2.83.